The van der Waals surface area contributed by atoms with Crippen LogP contribution >= 0.6 is 11.6 Å². The second-order valence-corrected chi connectivity index (χ2v) is 6.94. The van der Waals surface area contributed by atoms with Gasteiger partial charge in [0, 0.05) is 42.9 Å². The van der Waals surface area contributed by atoms with Crippen molar-refractivity contribution in [1.82, 2.24) is 15.0 Å². The van der Waals surface area contributed by atoms with E-state index in [9.17, 15) is 13.2 Å². The molecule has 8 heteroatoms. The first-order valence-corrected chi connectivity index (χ1v) is 8.54. The third kappa shape index (κ3) is 3.17. The molecule has 0 amide bonds. The Balaban J connectivity index is 1.68. The van der Waals surface area contributed by atoms with Crippen LogP contribution in [0.3, 0.4) is 0 Å². The molecule has 4 nitrogen and oxygen atoms in total. The van der Waals surface area contributed by atoms with E-state index >= 15 is 0 Å². The lowest BCUT2D eigenvalue weighted by Crippen LogP contribution is -2.33. The zero-order chi connectivity index (χ0) is 17.8. The predicted molar refractivity (Wildman–Crippen MR) is 87.7 cm³/mol. The molecule has 2 aromatic rings. The topological polar surface area (TPSA) is 41.9 Å². The van der Waals surface area contributed by atoms with E-state index < -0.39 is 11.7 Å². The Labute approximate surface area is 148 Å². The normalized spacial score (nSPS) is 17.6. The Bertz CT molecular complexity index is 833. The van der Waals surface area contributed by atoms with Gasteiger partial charge in [0.15, 0.2) is 0 Å². The van der Waals surface area contributed by atoms with Crippen molar-refractivity contribution in [3.05, 3.63) is 45.6 Å². The molecule has 132 valence electrons. The number of fused-ring (bicyclic) bond motifs is 1. The molecule has 2 aromatic heterocycles. The Hall–Kier alpha value is -1.89. The number of hydrogen-bond donors (Lipinski definition) is 0. The van der Waals surface area contributed by atoms with Gasteiger partial charge >= 0.3 is 6.18 Å². The summed E-state index contributed by atoms with van der Waals surface area (Å²) in [6.45, 7) is 2.94. The van der Waals surface area contributed by atoms with E-state index in [1.54, 1.807) is 0 Å². The van der Waals surface area contributed by atoms with Gasteiger partial charge < -0.3 is 4.90 Å². The largest absolute Gasteiger partial charge is 0.417 e. The second-order valence-electron chi connectivity index (χ2n) is 6.60. The monoisotopic (exact) mass is 368 g/mol. The summed E-state index contributed by atoms with van der Waals surface area (Å²) in [5, 5.41) is 0.190. The van der Waals surface area contributed by atoms with Crippen molar-refractivity contribution >= 4 is 17.4 Å². The fourth-order valence-corrected chi connectivity index (χ4v) is 3.49. The Morgan fingerprint density at radius 2 is 2.00 bits per heavy atom. The molecule has 0 aromatic carbocycles. The van der Waals surface area contributed by atoms with Crippen molar-refractivity contribution in [3.8, 4) is 0 Å². The van der Waals surface area contributed by atoms with Gasteiger partial charge in [-0.2, -0.15) is 13.2 Å². The van der Waals surface area contributed by atoms with Gasteiger partial charge in [0.25, 0.3) is 0 Å². The molecule has 4 rings (SSSR count). The first-order valence-electron chi connectivity index (χ1n) is 8.17. The van der Waals surface area contributed by atoms with Crippen LogP contribution in [0.1, 0.15) is 46.8 Å². The lowest BCUT2D eigenvalue weighted by molar-refractivity contribution is -0.137. The molecule has 0 bridgehead atoms. The molecule has 2 aliphatic rings. The van der Waals surface area contributed by atoms with Crippen molar-refractivity contribution in [2.75, 3.05) is 11.4 Å². The summed E-state index contributed by atoms with van der Waals surface area (Å²) in [6, 6.07) is 1.19. The summed E-state index contributed by atoms with van der Waals surface area (Å²) in [7, 11) is 0. The Morgan fingerprint density at radius 1 is 1.24 bits per heavy atom. The molecule has 1 aliphatic heterocycles. The minimum Gasteiger partial charge on any atom is -0.351 e. The molecule has 0 N–H and O–H groups in total. The summed E-state index contributed by atoms with van der Waals surface area (Å²) in [4.78, 5) is 14.7. The van der Waals surface area contributed by atoms with E-state index in [4.69, 9.17) is 11.6 Å². The van der Waals surface area contributed by atoms with E-state index in [-0.39, 0.29) is 5.28 Å². The van der Waals surface area contributed by atoms with Gasteiger partial charge in [0.05, 0.1) is 11.3 Å². The molecular formula is C17H16ClF3N4. The van der Waals surface area contributed by atoms with Crippen molar-refractivity contribution in [3.63, 3.8) is 0 Å². The SMILES string of the molecule is Cc1c(C2CC2)nc(Cl)nc1N1CCc2ncc(C(F)(F)F)cc2C1. The van der Waals surface area contributed by atoms with Crippen LogP contribution < -0.4 is 4.90 Å². The third-order valence-electron chi connectivity index (χ3n) is 4.76. The van der Waals surface area contributed by atoms with E-state index in [1.807, 2.05) is 11.8 Å². The lowest BCUT2D eigenvalue weighted by Gasteiger charge is -2.31. The number of pyridine rings is 1. The van der Waals surface area contributed by atoms with E-state index in [2.05, 4.69) is 15.0 Å². The van der Waals surface area contributed by atoms with Gasteiger partial charge in [-0.25, -0.2) is 9.97 Å². The van der Waals surface area contributed by atoms with Crippen molar-refractivity contribution in [1.29, 1.82) is 0 Å². The highest BCUT2D eigenvalue weighted by Crippen LogP contribution is 2.43. The summed E-state index contributed by atoms with van der Waals surface area (Å²) in [6.07, 6.45) is -0.720. The van der Waals surface area contributed by atoms with E-state index in [1.165, 1.54) is 6.07 Å². The lowest BCUT2D eigenvalue weighted by atomic mass is 10.0. The van der Waals surface area contributed by atoms with Crippen LogP contribution in [-0.2, 0) is 19.1 Å². The van der Waals surface area contributed by atoms with Crippen molar-refractivity contribution < 1.29 is 13.2 Å². The maximum atomic E-state index is 13.0. The van der Waals surface area contributed by atoms with Gasteiger partial charge in [-0.05, 0) is 43.0 Å². The molecule has 1 aliphatic carbocycles. The van der Waals surface area contributed by atoms with E-state index in [0.29, 0.717) is 42.5 Å². The Morgan fingerprint density at radius 3 is 2.68 bits per heavy atom. The number of anilines is 1. The van der Waals surface area contributed by atoms with Crippen LogP contribution in [0.25, 0.3) is 0 Å². The highest BCUT2D eigenvalue weighted by molar-refractivity contribution is 6.28. The molecular weight excluding hydrogens is 353 g/mol. The van der Waals surface area contributed by atoms with Crippen LogP contribution in [-0.4, -0.2) is 21.5 Å². The summed E-state index contributed by atoms with van der Waals surface area (Å²) < 4.78 is 38.9. The first-order chi connectivity index (χ1) is 11.8. The summed E-state index contributed by atoms with van der Waals surface area (Å²) >= 11 is 6.09. The quantitative estimate of drug-likeness (QED) is 0.741. The fraction of sp³-hybridized carbons (Fsp3) is 0.471. The number of hydrogen-bond acceptors (Lipinski definition) is 4. The third-order valence-corrected chi connectivity index (χ3v) is 4.93. The predicted octanol–water partition coefficient (Wildman–Crippen LogP) is 4.29. The molecule has 3 heterocycles. The van der Waals surface area contributed by atoms with Crippen molar-refractivity contribution in [2.45, 2.75) is 44.8 Å². The van der Waals surface area contributed by atoms with Crippen LogP contribution in [0.5, 0.6) is 0 Å². The molecule has 1 saturated carbocycles. The maximum Gasteiger partial charge on any atom is 0.417 e. The van der Waals surface area contributed by atoms with Crippen LogP contribution in [0.2, 0.25) is 5.28 Å². The van der Waals surface area contributed by atoms with Gasteiger partial charge in [-0.15, -0.1) is 0 Å². The minimum absolute atomic E-state index is 0.190. The molecule has 0 atom stereocenters. The molecule has 0 saturated heterocycles. The Kier molecular flexibility index (Phi) is 3.86. The number of rotatable bonds is 2. The number of nitrogens with zero attached hydrogens (tertiary/aromatic N) is 4. The van der Waals surface area contributed by atoms with Crippen molar-refractivity contribution in [2.24, 2.45) is 0 Å². The summed E-state index contributed by atoms with van der Waals surface area (Å²) in [5.74, 6) is 1.14. The molecule has 1 fully saturated rings. The van der Waals surface area contributed by atoms with Crippen LogP contribution in [0.15, 0.2) is 12.3 Å². The highest BCUT2D eigenvalue weighted by Gasteiger charge is 2.33. The average molecular weight is 369 g/mol. The average Bonchev–Trinajstić information content (AvgIpc) is 3.39. The zero-order valence-electron chi connectivity index (χ0n) is 13.6. The van der Waals surface area contributed by atoms with Gasteiger partial charge in [0.1, 0.15) is 5.82 Å². The molecule has 25 heavy (non-hydrogen) atoms. The van der Waals surface area contributed by atoms with E-state index in [0.717, 1.165) is 30.3 Å². The first kappa shape index (κ1) is 16.6. The summed E-state index contributed by atoms with van der Waals surface area (Å²) in [5.41, 5.74) is 2.51. The fourth-order valence-electron chi connectivity index (χ4n) is 3.32. The molecule has 0 unspecified atom stereocenters. The van der Waals surface area contributed by atoms with Gasteiger partial charge in [0.2, 0.25) is 5.28 Å². The zero-order valence-corrected chi connectivity index (χ0v) is 14.3. The number of halogens is 4. The highest BCUT2D eigenvalue weighted by atomic mass is 35.5. The maximum absolute atomic E-state index is 13.0. The second kappa shape index (κ2) is 5.83. The number of aromatic nitrogens is 3. The minimum atomic E-state index is -4.39. The van der Waals surface area contributed by atoms with Crippen LogP contribution in [0, 0.1) is 6.92 Å². The standard InChI is InChI=1S/C17H16ClF3N4/c1-9-14(10-2-3-10)23-16(18)24-15(9)25-5-4-13-11(8-25)6-12(7-22-13)17(19,20)21/h6-7,10H,2-5,8H2,1H3. The van der Waals surface area contributed by atoms with Gasteiger partial charge in [-0.3, -0.25) is 4.98 Å². The van der Waals surface area contributed by atoms with Crippen LogP contribution in [0.4, 0.5) is 19.0 Å². The van der Waals surface area contributed by atoms with Gasteiger partial charge in [-0.1, -0.05) is 0 Å². The number of alkyl halides is 3. The molecule has 0 spiro atoms. The molecule has 0 radical (unpaired) electrons. The smallest absolute Gasteiger partial charge is 0.351 e.